The van der Waals surface area contributed by atoms with E-state index in [4.69, 9.17) is 4.74 Å². The average Bonchev–Trinajstić information content (AvgIpc) is 2.73. The molecule has 4 rings (SSSR count). The van der Waals surface area contributed by atoms with Gasteiger partial charge in [-0.3, -0.25) is 19.4 Å². The third-order valence-corrected chi connectivity index (χ3v) is 5.68. The SMILES string of the molecule is COc1cccc(NC(=O)C2CC(=O)Nc3nc(N4CCC(C)CC4)[nH]c(=O)c32)c1. The van der Waals surface area contributed by atoms with E-state index >= 15 is 0 Å². The number of carbonyl (C=O) groups excluding carboxylic acids is 2. The van der Waals surface area contributed by atoms with Gasteiger partial charge in [-0.25, -0.2) is 0 Å². The summed E-state index contributed by atoms with van der Waals surface area (Å²) >= 11 is 0. The van der Waals surface area contributed by atoms with Crippen LogP contribution in [-0.2, 0) is 9.59 Å². The smallest absolute Gasteiger partial charge is 0.258 e. The third-order valence-electron chi connectivity index (χ3n) is 5.68. The Kier molecular flexibility index (Phi) is 5.43. The van der Waals surface area contributed by atoms with E-state index in [0.29, 0.717) is 23.3 Å². The van der Waals surface area contributed by atoms with Gasteiger partial charge < -0.3 is 20.3 Å². The van der Waals surface area contributed by atoms with E-state index in [1.165, 1.54) is 7.11 Å². The summed E-state index contributed by atoms with van der Waals surface area (Å²) in [5, 5.41) is 5.43. The quantitative estimate of drug-likeness (QED) is 0.709. The van der Waals surface area contributed by atoms with Crippen LogP contribution in [0, 0.1) is 5.92 Å². The van der Waals surface area contributed by atoms with Crippen molar-refractivity contribution in [2.45, 2.75) is 32.1 Å². The van der Waals surface area contributed by atoms with Gasteiger partial charge in [-0.05, 0) is 30.9 Å². The highest BCUT2D eigenvalue weighted by Gasteiger charge is 2.35. The van der Waals surface area contributed by atoms with Gasteiger partial charge in [-0.1, -0.05) is 13.0 Å². The highest BCUT2D eigenvalue weighted by Crippen LogP contribution is 2.31. The molecule has 158 valence electrons. The summed E-state index contributed by atoms with van der Waals surface area (Å²) in [4.78, 5) is 47.4. The van der Waals surface area contributed by atoms with Gasteiger partial charge in [0.2, 0.25) is 17.8 Å². The van der Waals surface area contributed by atoms with Crippen LogP contribution in [-0.4, -0.2) is 42.0 Å². The molecule has 0 aliphatic carbocycles. The topological polar surface area (TPSA) is 116 Å². The van der Waals surface area contributed by atoms with Crippen LogP contribution in [0.15, 0.2) is 29.1 Å². The molecule has 2 amide bonds. The van der Waals surface area contributed by atoms with E-state index in [1.54, 1.807) is 24.3 Å². The van der Waals surface area contributed by atoms with Gasteiger partial charge in [-0.2, -0.15) is 4.98 Å². The fourth-order valence-electron chi connectivity index (χ4n) is 3.88. The number of aromatic amines is 1. The zero-order valence-electron chi connectivity index (χ0n) is 17.0. The summed E-state index contributed by atoms with van der Waals surface area (Å²) < 4.78 is 5.17. The summed E-state index contributed by atoms with van der Waals surface area (Å²) in [7, 11) is 1.54. The molecule has 1 aromatic carbocycles. The number of fused-ring (bicyclic) bond motifs is 1. The first-order valence-corrected chi connectivity index (χ1v) is 10.1. The van der Waals surface area contributed by atoms with Gasteiger partial charge in [0.1, 0.15) is 11.6 Å². The summed E-state index contributed by atoms with van der Waals surface area (Å²) in [5.74, 6) is 0.112. The lowest BCUT2D eigenvalue weighted by Gasteiger charge is -2.31. The third kappa shape index (κ3) is 4.00. The number of anilines is 3. The van der Waals surface area contributed by atoms with Crippen molar-refractivity contribution in [3.05, 3.63) is 40.2 Å². The second-order valence-corrected chi connectivity index (χ2v) is 7.85. The number of nitrogens with zero attached hydrogens (tertiary/aromatic N) is 2. The number of ether oxygens (including phenoxy) is 1. The van der Waals surface area contributed by atoms with Gasteiger partial charge in [-0.15, -0.1) is 0 Å². The Morgan fingerprint density at radius 3 is 2.77 bits per heavy atom. The Bertz CT molecular complexity index is 1030. The molecule has 9 nitrogen and oxygen atoms in total. The summed E-state index contributed by atoms with van der Waals surface area (Å²) in [6, 6.07) is 6.89. The molecule has 1 atom stereocenters. The predicted molar refractivity (Wildman–Crippen MR) is 113 cm³/mol. The van der Waals surface area contributed by atoms with Gasteiger partial charge >= 0.3 is 0 Å². The Morgan fingerprint density at radius 1 is 1.27 bits per heavy atom. The monoisotopic (exact) mass is 411 g/mol. The Hall–Kier alpha value is -3.36. The molecule has 0 spiro atoms. The van der Waals surface area contributed by atoms with Gasteiger partial charge in [0.25, 0.3) is 5.56 Å². The highest BCUT2D eigenvalue weighted by molar-refractivity contribution is 6.04. The first kappa shape index (κ1) is 19.9. The molecule has 0 bridgehead atoms. The number of carbonyl (C=O) groups is 2. The van der Waals surface area contributed by atoms with E-state index in [-0.39, 0.29) is 23.7 Å². The maximum Gasteiger partial charge on any atom is 0.258 e. The van der Waals surface area contributed by atoms with Crippen molar-refractivity contribution in [2.24, 2.45) is 5.92 Å². The Labute approximate surface area is 173 Å². The molecule has 2 aliphatic rings. The number of piperidine rings is 1. The zero-order chi connectivity index (χ0) is 21.3. The van der Waals surface area contributed by atoms with Crippen molar-refractivity contribution in [1.82, 2.24) is 9.97 Å². The van der Waals surface area contributed by atoms with Crippen LogP contribution in [0.4, 0.5) is 17.5 Å². The second-order valence-electron chi connectivity index (χ2n) is 7.85. The molecule has 3 heterocycles. The van der Waals surface area contributed by atoms with E-state index in [9.17, 15) is 14.4 Å². The standard InChI is InChI=1S/C21H25N5O4/c1-12-6-8-26(9-7-12)21-24-18-17(20(29)25-21)15(11-16(27)23-18)19(28)22-13-4-3-5-14(10-13)30-2/h3-5,10,12,15H,6-9,11H2,1-2H3,(H,22,28)(H2,23,24,25,27,29). The van der Waals surface area contributed by atoms with Gasteiger partial charge in [0.05, 0.1) is 18.6 Å². The Balaban J connectivity index is 1.62. The van der Waals surface area contributed by atoms with Gasteiger partial charge in [0.15, 0.2) is 0 Å². The van der Waals surface area contributed by atoms with Crippen molar-refractivity contribution in [3.8, 4) is 5.75 Å². The van der Waals surface area contributed by atoms with Crippen LogP contribution < -0.4 is 25.8 Å². The van der Waals surface area contributed by atoms with Crippen molar-refractivity contribution in [1.29, 1.82) is 0 Å². The summed E-state index contributed by atoms with van der Waals surface area (Å²) in [6.07, 6.45) is 1.91. The predicted octanol–water partition coefficient (Wildman–Crippen LogP) is 2.08. The highest BCUT2D eigenvalue weighted by atomic mass is 16.5. The number of aromatic nitrogens is 2. The molecular weight excluding hydrogens is 386 g/mol. The molecule has 2 aromatic rings. The first-order valence-electron chi connectivity index (χ1n) is 10.1. The number of benzene rings is 1. The summed E-state index contributed by atoms with van der Waals surface area (Å²) in [5.41, 5.74) is 0.305. The zero-order valence-corrected chi connectivity index (χ0v) is 17.0. The lowest BCUT2D eigenvalue weighted by atomic mass is 9.92. The fraction of sp³-hybridized carbons (Fsp3) is 0.429. The van der Waals surface area contributed by atoms with Crippen LogP contribution in [0.2, 0.25) is 0 Å². The van der Waals surface area contributed by atoms with Crippen LogP contribution in [0.1, 0.15) is 37.7 Å². The minimum absolute atomic E-state index is 0.117. The molecule has 1 aromatic heterocycles. The van der Waals surface area contributed by atoms with Crippen LogP contribution >= 0.6 is 0 Å². The summed E-state index contributed by atoms with van der Waals surface area (Å²) in [6.45, 7) is 3.78. The molecule has 9 heteroatoms. The van der Waals surface area contributed by atoms with Gasteiger partial charge in [0, 0.05) is 31.3 Å². The molecule has 1 unspecified atom stereocenters. The number of H-pyrrole nitrogens is 1. The number of hydrogen-bond donors (Lipinski definition) is 3. The molecule has 1 saturated heterocycles. The van der Waals surface area contributed by atoms with Crippen LogP contribution in [0.3, 0.4) is 0 Å². The second kappa shape index (κ2) is 8.17. The van der Waals surface area contributed by atoms with Crippen molar-refractivity contribution >= 4 is 29.3 Å². The fourth-order valence-corrected chi connectivity index (χ4v) is 3.88. The van der Waals surface area contributed by atoms with Crippen LogP contribution in [0.5, 0.6) is 5.75 Å². The maximum atomic E-state index is 12.9. The number of hydrogen-bond acceptors (Lipinski definition) is 6. The Morgan fingerprint density at radius 2 is 2.03 bits per heavy atom. The van der Waals surface area contributed by atoms with Crippen molar-refractivity contribution in [3.63, 3.8) is 0 Å². The normalized spacial score (nSPS) is 19.1. The molecule has 30 heavy (non-hydrogen) atoms. The lowest BCUT2D eigenvalue weighted by molar-refractivity contribution is -0.123. The average molecular weight is 411 g/mol. The molecule has 2 aliphatic heterocycles. The molecular formula is C21H25N5O4. The molecule has 0 saturated carbocycles. The van der Waals surface area contributed by atoms with E-state index in [1.807, 2.05) is 4.90 Å². The minimum atomic E-state index is -0.924. The van der Waals surface area contributed by atoms with Crippen molar-refractivity contribution in [2.75, 3.05) is 35.7 Å². The largest absolute Gasteiger partial charge is 0.497 e. The molecule has 0 radical (unpaired) electrons. The van der Waals surface area contributed by atoms with E-state index < -0.39 is 17.4 Å². The number of rotatable bonds is 4. The number of methoxy groups -OCH3 is 1. The first-order chi connectivity index (χ1) is 14.4. The molecule has 1 fully saturated rings. The molecule has 3 N–H and O–H groups in total. The number of amides is 2. The number of nitrogens with one attached hydrogen (secondary N) is 3. The minimum Gasteiger partial charge on any atom is -0.497 e. The lowest BCUT2D eigenvalue weighted by Crippen LogP contribution is -2.39. The maximum absolute atomic E-state index is 12.9. The van der Waals surface area contributed by atoms with Crippen LogP contribution in [0.25, 0.3) is 0 Å². The van der Waals surface area contributed by atoms with Crippen molar-refractivity contribution < 1.29 is 14.3 Å². The van der Waals surface area contributed by atoms with E-state index in [0.717, 1.165) is 25.9 Å². The van der Waals surface area contributed by atoms with E-state index in [2.05, 4.69) is 27.5 Å².